The summed E-state index contributed by atoms with van der Waals surface area (Å²) >= 11 is 0. The van der Waals surface area contributed by atoms with Crippen LogP contribution in [0, 0.1) is 6.92 Å². The summed E-state index contributed by atoms with van der Waals surface area (Å²) in [5.41, 5.74) is 4.37. The highest BCUT2D eigenvalue weighted by Gasteiger charge is 2.20. The molecule has 0 saturated heterocycles. The summed E-state index contributed by atoms with van der Waals surface area (Å²) < 4.78 is 2.10. The Bertz CT molecular complexity index is 681. The molecule has 1 aliphatic rings. The number of benzene rings is 1. The maximum Gasteiger partial charge on any atom is 0.186 e. The van der Waals surface area contributed by atoms with Crippen molar-refractivity contribution in [1.82, 2.24) is 9.88 Å². The molecule has 0 atom stereocenters. The Morgan fingerprint density at radius 1 is 1.24 bits per heavy atom. The first-order valence-electron chi connectivity index (χ1n) is 7.72. The van der Waals surface area contributed by atoms with Crippen LogP contribution in [0.5, 0.6) is 0 Å². The van der Waals surface area contributed by atoms with E-state index in [0.29, 0.717) is 12.6 Å². The molecule has 1 aromatic heterocycles. The lowest BCUT2D eigenvalue weighted by molar-refractivity contribution is 0.679. The third-order valence-corrected chi connectivity index (χ3v) is 4.10. The van der Waals surface area contributed by atoms with Gasteiger partial charge >= 0.3 is 0 Å². The average molecular weight is 282 g/mol. The summed E-state index contributed by atoms with van der Waals surface area (Å²) in [5.74, 6) is 0. The molecule has 0 spiro atoms. The second kappa shape index (κ2) is 5.86. The van der Waals surface area contributed by atoms with Crippen molar-refractivity contribution in [2.75, 3.05) is 0 Å². The quantitative estimate of drug-likeness (QED) is 0.915. The molecule has 1 fully saturated rings. The van der Waals surface area contributed by atoms with Gasteiger partial charge in [-0.2, -0.15) is 0 Å². The van der Waals surface area contributed by atoms with Gasteiger partial charge in [-0.25, -0.2) is 0 Å². The summed E-state index contributed by atoms with van der Waals surface area (Å²) in [5, 5.41) is 3.42. The zero-order valence-electron chi connectivity index (χ0n) is 12.7. The Morgan fingerprint density at radius 3 is 2.57 bits per heavy atom. The van der Waals surface area contributed by atoms with Crippen LogP contribution >= 0.6 is 0 Å². The first kappa shape index (κ1) is 14.1. The number of aryl methyl sites for hydroxylation is 2. The van der Waals surface area contributed by atoms with Crippen molar-refractivity contribution >= 4 is 0 Å². The summed E-state index contributed by atoms with van der Waals surface area (Å²) in [6, 6.07) is 10.9. The molecule has 21 heavy (non-hydrogen) atoms. The molecule has 0 unspecified atom stereocenters. The lowest BCUT2D eigenvalue weighted by atomic mass is 10.1. The summed E-state index contributed by atoms with van der Waals surface area (Å²) in [6.45, 7) is 4.80. The molecule has 1 aromatic carbocycles. The van der Waals surface area contributed by atoms with Gasteiger partial charge < -0.3 is 9.88 Å². The molecule has 0 bridgehead atoms. The maximum atomic E-state index is 12.1. The zero-order valence-corrected chi connectivity index (χ0v) is 12.7. The summed E-state index contributed by atoms with van der Waals surface area (Å²) in [6.07, 6.45) is 5.49. The third kappa shape index (κ3) is 3.24. The Morgan fingerprint density at radius 2 is 1.95 bits per heavy atom. The van der Waals surface area contributed by atoms with Crippen LogP contribution < -0.4 is 10.7 Å². The molecule has 1 heterocycles. The highest BCUT2D eigenvalue weighted by molar-refractivity contribution is 5.37. The van der Waals surface area contributed by atoms with Gasteiger partial charge in [-0.15, -0.1) is 0 Å². The first-order chi connectivity index (χ1) is 10.2. The van der Waals surface area contributed by atoms with Gasteiger partial charge in [0.15, 0.2) is 5.43 Å². The van der Waals surface area contributed by atoms with Crippen molar-refractivity contribution in [2.45, 2.75) is 45.7 Å². The molecule has 1 saturated carbocycles. The number of hydrogen-bond acceptors (Lipinski definition) is 2. The molecule has 1 aliphatic carbocycles. The summed E-state index contributed by atoms with van der Waals surface area (Å²) in [4.78, 5) is 12.1. The van der Waals surface area contributed by atoms with Crippen LogP contribution in [-0.4, -0.2) is 10.6 Å². The molecule has 3 heteroatoms. The standard InChI is InChI=1S/C18H22N2O/c1-3-14-4-8-17(9-5-14)20-12-15(11-19-16-6-7-16)18(21)10-13(20)2/h4-5,8-10,12,16,19H,3,6-7,11H2,1-2H3. The van der Waals surface area contributed by atoms with Crippen LogP contribution in [0.15, 0.2) is 41.3 Å². The Hall–Kier alpha value is -1.87. The van der Waals surface area contributed by atoms with Gasteiger partial charge in [-0.1, -0.05) is 19.1 Å². The molecule has 2 aromatic rings. The van der Waals surface area contributed by atoms with E-state index in [1.807, 2.05) is 13.1 Å². The number of nitrogens with one attached hydrogen (secondary N) is 1. The van der Waals surface area contributed by atoms with Crippen LogP contribution in [0.3, 0.4) is 0 Å². The zero-order chi connectivity index (χ0) is 14.8. The van der Waals surface area contributed by atoms with E-state index in [4.69, 9.17) is 0 Å². The summed E-state index contributed by atoms with van der Waals surface area (Å²) in [7, 11) is 0. The average Bonchev–Trinajstić information content (AvgIpc) is 3.31. The van der Waals surface area contributed by atoms with Crippen molar-refractivity contribution < 1.29 is 0 Å². The molecule has 110 valence electrons. The third-order valence-electron chi connectivity index (χ3n) is 4.10. The van der Waals surface area contributed by atoms with Crippen molar-refractivity contribution in [3.05, 3.63) is 63.6 Å². The van der Waals surface area contributed by atoms with Crippen LogP contribution in [-0.2, 0) is 13.0 Å². The first-order valence-corrected chi connectivity index (χ1v) is 7.72. The molecular weight excluding hydrogens is 260 g/mol. The second-order valence-electron chi connectivity index (χ2n) is 5.85. The lowest BCUT2D eigenvalue weighted by Gasteiger charge is -2.13. The molecule has 0 aliphatic heterocycles. The van der Waals surface area contributed by atoms with Crippen molar-refractivity contribution in [3.8, 4) is 5.69 Å². The largest absolute Gasteiger partial charge is 0.321 e. The minimum atomic E-state index is 0.127. The Balaban J connectivity index is 1.91. The van der Waals surface area contributed by atoms with Crippen LogP contribution in [0.25, 0.3) is 5.69 Å². The SMILES string of the molecule is CCc1ccc(-n2cc(CNC3CC3)c(=O)cc2C)cc1. The minimum absolute atomic E-state index is 0.127. The fraction of sp³-hybridized carbons (Fsp3) is 0.389. The number of rotatable bonds is 5. The minimum Gasteiger partial charge on any atom is -0.321 e. The topological polar surface area (TPSA) is 34.0 Å². The van der Waals surface area contributed by atoms with E-state index in [1.165, 1.54) is 18.4 Å². The predicted octanol–water partition coefficient (Wildman–Crippen LogP) is 2.96. The van der Waals surface area contributed by atoms with E-state index in [9.17, 15) is 4.79 Å². The van der Waals surface area contributed by atoms with Crippen molar-refractivity contribution in [2.24, 2.45) is 0 Å². The van der Waals surface area contributed by atoms with E-state index < -0.39 is 0 Å². The number of nitrogens with zero attached hydrogens (tertiary/aromatic N) is 1. The van der Waals surface area contributed by atoms with Crippen LogP contribution in [0.4, 0.5) is 0 Å². The van der Waals surface area contributed by atoms with Crippen LogP contribution in [0.2, 0.25) is 0 Å². The van der Waals surface area contributed by atoms with E-state index in [0.717, 1.165) is 23.4 Å². The number of pyridine rings is 1. The fourth-order valence-corrected chi connectivity index (χ4v) is 2.52. The highest BCUT2D eigenvalue weighted by atomic mass is 16.1. The molecule has 1 N–H and O–H groups in total. The van der Waals surface area contributed by atoms with E-state index in [1.54, 1.807) is 6.07 Å². The highest BCUT2D eigenvalue weighted by Crippen LogP contribution is 2.19. The monoisotopic (exact) mass is 282 g/mol. The fourth-order valence-electron chi connectivity index (χ4n) is 2.52. The molecular formula is C18H22N2O. The molecule has 3 nitrogen and oxygen atoms in total. The second-order valence-corrected chi connectivity index (χ2v) is 5.85. The molecule has 0 amide bonds. The number of aromatic nitrogens is 1. The van der Waals surface area contributed by atoms with E-state index in [-0.39, 0.29) is 5.43 Å². The lowest BCUT2D eigenvalue weighted by Crippen LogP contribution is -2.22. The molecule has 3 rings (SSSR count). The molecule has 0 radical (unpaired) electrons. The maximum absolute atomic E-state index is 12.1. The van der Waals surface area contributed by atoms with Gasteiger partial charge in [-0.3, -0.25) is 4.79 Å². The van der Waals surface area contributed by atoms with Crippen LogP contribution in [0.1, 0.15) is 36.6 Å². The number of hydrogen-bond donors (Lipinski definition) is 1. The normalized spacial score (nSPS) is 14.4. The van der Waals surface area contributed by atoms with Gasteiger partial charge in [0.25, 0.3) is 0 Å². The van der Waals surface area contributed by atoms with E-state index in [2.05, 4.69) is 41.1 Å². The van der Waals surface area contributed by atoms with Gasteiger partial charge in [-0.05, 0) is 43.9 Å². The smallest absolute Gasteiger partial charge is 0.186 e. The van der Waals surface area contributed by atoms with Gasteiger partial charge in [0.1, 0.15) is 0 Å². The van der Waals surface area contributed by atoms with Crippen molar-refractivity contribution in [3.63, 3.8) is 0 Å². The van der Waals surface area contributed by atoms with Gasteiger partial charge in [0, 0.05) is 41.8 Å². The Labute approximate surface area is 125 Å². The van der Waals surface area contributed by atoms with Crippen molar-refractivity contribution in [1.29, 1.82) is 0 Å². The van der Waals surface area contributed by atoms with Gasteiger partial charge in [0.2, 0.25) is 0 Å². The van der Waals surface area contributed by atoms with E-state index >= 15 is 0 Å². The predicted molar refractivity (Wildman–Crippen MR) is 86.0 cm³/mol. The Kier molecular flexibility index (Phi) is 3.93. The van der Waals surface area contributed by atoms with Gasteiger partial charge in [0.05, 0.1) is 0 Å².